The van der Waals surface area contributed by atoms with Crippen LogP contribution in [0.1, 0.15) is 22.3 Å². The molecule has 86 valence electrons. The van der Waals surface area contributed by atoms with E-state index in [9.17, 15) is 9.18 Å². The average molecular weight is 222 g/mol. The van der Waals surface area contributed by atoms with Crippen LogP contribution < -0.4 is 5.73 Å². The second kappa shape index (κ2) is 4.22. The van der Waals surface area contributed by atoms with Gasteiger partial charge in [-0.1, -0.05) is 6.07 Å². The van der Waals surface area contributed by atoms with Crippen molar-refractivity contribution in [2.24, 2.45) is 5.73 Å². The lowest BCUT2D eigenvalue weighted by molar-refractivity contribution is 0.0786. The highest BCUT2D eigenvalue weighted by atomic mass is 19.1. The van der Waals surface area contributed by atoms with Crippen molar-refractivity contribution in [2.45, 2.75) is 19.4 Å². The highest BCUT2D eigenvalue weighted by Crippen LogP contribution is 2.16. The summed E-state index contributed by atoms with van der Waals surface area (Å²) in [6.45, 7) is 2.93. The van der Waals surface area contributed by atoms with Crippen molar-refractivity contribution in [1.29, 1.82) is 0 Å². The van der Waals surface area contributed by atoms with Crippen LogP contribution in [0.4, 0.5) is 4.39 Å². The zero-order chi connectivity index (χ0) is 11.7. The van der Waals surface area contributed by atoms with Crippen molar-refractivity contribution >= 4 is 5.91 Å². The van der Waals surface area contributed by atoms with E-state index < -0.39 is 5.82 Å². The molecule has 1 aliphatic heterocycles. The van der Waals surface area contributed by atoms with Crippen LogP contribution in [0.2, 0.25) is 0 Å². The molecule has 16 heavy (non-hydrogen) atoms. The van der Waals surface area contributed by atoms with E-state index in [2.05, 4.69) is 0 Å². The van der Waals surface area contributed by atoms with E-state index in [0.717, 1.165) is 12.0 Å². The average Bonchev–Trinajstić information content (AvgIpc) is 2.64. The molecule has 4 heteroatoms. The Morgan fingerprint density at radius 1 is 1.56 bits per heavy atom. The molecule has 0 radical (unpaired) electrons. The second-order valence-corrected chi connectivity index (χ2v) is 4.28. The van der Waals surface area contributed by atoms with E-state index in [1.54, 1.807) is 17.9 Å². The molecular formula is C12H15FN2O. The minimum atomic E-state index is -0.453. The summed E-state index contributed by atoms with van der Waals surface area (Å²) >= 11 is 0. The topological polar surface area (TPSA) is 46.3 Å². The molecule has 1 aromatic carbocycles. The molecule has 0 bridgehead atoms. The number of aryl methyl sites for hydroxylation is 1. The summed E-state index contributed by atoms with van der Waals surface area (Å²) in [7, 11) is 0. The van der Waals surface area contributed by atoms with Gasteiger partial charge in [-0.25, -0.2) is 4.39 Å². The lowest BCUT2D eigenvalue weighted by Gasteiger charge is -2.16. The molecule has 1 amide bonds. The van der Waals surface area contributed by atoms with Crippen LogP contribution >= 0.6 is 0 Å². The number of carbonyl (C=O) groups excluding carboxylic acids is 1. The number of hydrogen-bond acceptors (Lipinski definition) is 2. The maximum Gasteiger partial charge on any atom is 0.256 e. The van der Waals surface area contributed by atoms with Gasteiger partial charge in [0.2, 0.25) is 0 Å². The van der Waals surface area contributed by atoms with Crippen LogP contribution in [0, 0.1) is 12.7 Å². The van der Waals surface area contributed by atoms with Gasteiger partial charge < -0.3 is 10.6 Å². The van der Waals surface area contributed by atoms with Gasteiger partial charge in [-0.05, 0) is 31.0 Å². The van der Waals surface area contributed by atoms with Gasteiger partial charge in [-0.2, -0.15) is 0 Å². The number of likely N-dealkylation sites (tertiary alicyclic amines) is 1. The summed E-state index contributed by atoms with van der Waals surface area (Å²) in [6, 6.07) is 4.68. The summed E-state index contributed by atoms with van der Waals surface area (Å²) in [5, 5.41) is 0. The van der Waals surface area contributed by atoms with E-state index >= 15 is 0 Å². The molecule has 1 aliphatic rings. The maximum absolute atomic E-state index is 13.6. The fourth-order valence-corrected chi connectivity index (χ4v) is 1.94. The van der Waals surface area contributed by atoms with Gasteiger partial charge in [0, 0.05) is 19.1 Å². The van der Waals surface area contributed by atoms with E-state index in [1.165, 1.54) is 12.1 Å². The first-order chi connectivity index (χ1) is 7.58. The van der Waals surface area contributed by atoms with Crippen LogP contribution in [0.25, 0.3) is 0 Å². The maximum atomic E-state index is 13.6. The lowest BCUT2D eigenvalue weighted by atomic mass is 10.1. The number of amides is 1. The molecule has 2 rings (SSSR count). The predicted molar refractivity (Wildman–Crippen MR) is 59.6 cm³/mol. The third-order valence-corrected chi connectivity index (χ3v) is 2.87. The molecule has 1 saturated heterocycles. The van der Waals surface area contributed by atoms with Crippen molar-refractivity contribution in [3.63, 3.8) is 0 Å². The Labute approximate surface area is 94.0 Å². The van der Waals surface area contributed by atoms with E-state index in [-0.39, 0.29) is 17.5 Å². The highest BCUT2D eigenvalue weighted by Gasteiger charge is 2.26. The van der Waals surface area contributed by atoms with Crippen LogP contribution in [-0.2, 0) is 0 Å². The van der Waals surface area contributed by atoms with Gasteiger partial charge in [0.05, 0.1) is 5.56 Å². The van der Waals surface area contributed by atoms with Gasteiger partial charge in [0.1, 0.15) is 5.82 Å². The number of benzene rings is 1. The minimum Gasteiger partial charge on any atom is -0.337 e. The van der Waals surface area contributed by atoms with Crippen LogP contribution in [-0.4, -0.2) is 29.9 Å². The molecule has 3 nitrogen and oxygen atoms in total. The number of carbonyl (C=O) groups is 1. The van der Waals surface area contributed by atoms with Gasteiger partial charge in [-0.3, -0.25) is 4.79 Å². The standard InChI is InChI=1S/C12H15FN2O/c1-8-2-3-10(11(13)6-8)12(16)15-5-4-9(14)7-15/h2-3,6,9H,4-5,7,14H2,1H3. The molecule has 0 aliphatic carbocycles. The zero-order valence-corrected chi connectivity index (χ0v) is 9.24. The lowest BCUT2D eigenvalue weighted by Crippen LogP contribution is -2.32. The fraction of sp³-hybridized carbons (Fsp3) is 0.417. The van der Waals surface area contributed by atoms with Crippen molar-refractivity contribution < 1.29 is 9.18 Å². The molecule has 1 heterocycles. The first-order valence-electron chi connectivity index (χ1n) is 5.39. The summed E-state index contributed by atoms with van der Waals surface area (Å²) in [5.74, 6) is -0.712. The van der Waals surface area contributed by atoms with Crippen LogP contribution in [0.3, 0.4) is 0 Å². The number of nitrogens with zero attached hydrogens (tertiary/aromatic N) is 1. The van der Waals surface area contributed by atoms with Crippen molar-refractivity contribution in [3.05, 3.63) is 35.1 Å². The van der Waals surface area contributed by atoms with Gasteiger partial charge in [0.25, 0.3) is 5.91 Å². The Morgan fingerprint density at radius 2 is 2.31 bits per heavy atom. The molecule has 1 aromatic rings. The molecule has 0 saturated carbocycles. The van der Waals surface area contributed by atoms with Crippen molar-refractivity contribution in [3.8, 4) is 0 Å². The summed E-state index contributed by atoms with van der Waals surface area (Å²) in [6.07, 6.45) is 0.791. The second-order valence-electron chi connectivity index (χ2n) is 4.28. The third kappa shape index (κ3) is 2.07. The first-order valence-corrected chi connectivity index (χ1v) is 5.39. The smallest absolute Gasteiger partial charge is 0.256 e. The van der Waals surface area contributed by atoms with Crippen LogP contribution in [0.5, 0.6) is 0 Å². The Kier molecular flexibility index (Phi) is 2.92. The van der Waals surface area contributed by atoms with Crippen molar-refractivity contribution in [1.82, 2.24) is 4.90 Å². The van der Waals surface area contributed by atoms with Gasteiger partial charge in [0.15, 0.2) is 0 Å². The number of halogens is 1. The SMILES string of the molecule is Cc1ccc(C(=O)N2CCC(N)C2)c(F)c1. The molecule has 0 aromatic heterocycles. The van der Waals surface area contributed by atoms with E-state index in [0.29, 0.717) is 13.1 Å². The summed E-state index contributed by atoms with van der Waals surface area (Å²) < 4.78 is 13.6. The Balaban J connectivity index is 2.21. The molecular weight excluding hydrogens is 207 g/mol. The quantitative estimate of drug-likeness (QED) is 0.778. The van der Waals surface area contributed by atoms with E-state index in [4.69, 9.17) is 5.73 Å². The molecule has 1 unspecified atom stereocenters. The number of rotatable bonds is 1. The molecule has 1 atom stereocenters. The monoisotopic (exact) mass is 222 g/mol. The molecule has 2 N–H and O–H groups in total. The highest BCUT2D eigenvalue weighted by molar-refractivity contribution is 5.94. The fourth-order valence-electron chi connectivity index (χ4n) is 1.94. The van der Waals surface area contributed by atoms with Crippen LogP contribution in [0.15, 0.2) is 18.2 Å². The van der Waals surface area contributed by atoms with Crippen molar-refractivity contribution in [2.75, 3.05) is 13.1 Å². The third-order valence-electron chi connectivity index (χ3n) is 2.87. The Hall–Kier alpha value is -1.42. The number of nitrogens with two attached hydrogens (primary N) is 1. The Morgan fingerprint density at radius 3 is 2.88 bits per heavy atom. The summed E-state index contributed by atoms with van der Waals surface area (Å²) in [5.41, 5.74) is 6.67. The van der Waals surface area contributed by atoms with Gasteiger partial charge in [-0.15, -0.1) is 0 Å². The van der Waals surface area contributed by atoms with E-state index in [1.807, 2.05) is 0 Å². The molecule has 1 fully saturated rings. The normalized spacial score (nSPS) is 20.2. The van der Waals surface area contributed by atoms with Gasteiger partial charge >= 0.3 is 0 Å². The predicted octanol–water partition coefficient (Wildman–Crippen LogP) is 1.31. The minimum absolute atomic E-state index is 0.0254. The number of hydrogen-bond donors (Lipinski definition) is 1. The zero-order valence-electron chi connectivity index (χ0n) is 9.24. The molecule has 0 spiro atoms. The first kappa shape index (κ1) is 11.1. The largest absolute Gasteiger partial charge is 0.337 e. The Bertz CT molecular complexity index is 419. The summed E-state index contributed by atoms with van der Waals surface area (Å²) in [4.78, 5) is 13.6.